The van der Waals surface area contributed by atoms with Crippen molar-refractivity contribution in [2.24, 2.45) is 0 Å². The molecule has 1 N–H and O–H groups in total. The van der Waals surface area contributed by atoms with Crippen LogP contribution in [0, 0.1) is 12.7 Å². The fourth-order valence-corrected chi connectivity index (χ4v) is 0.554. The highest BCUT2D eigenvalue weighted by Gasteiger charge is 1.93. The zero-order valence-corrected chi connectivity index (χ0v) is 4.94. The zero-order valence-electron chi connectivity index (χ0n) is 4.94. The van der Waals surface area contributed by atoms with Crippen molar-refractivity contribution in [2.75, 3.05) is 0 Å². The highest BCUT2D eigenvalue weighted by Crippen LogP contribution is 1.88. The second-order valence-electron chi connectivity index (χ2n) is 1.82. The largest absolute Gasteiger partial charge is 0.324 e. The Labute approximate surface area is 51.3 Å². The number of halogens is 1. The maximum Gasteiger partial charge on any atom is 0.284 e. The molecular weight excluding hydrogens is 121 g/mol. The molecule has 1 heterocycles. The summed E-state index contributed by atoms with van der Waals surface area (Å²) >= 11 is 0. The molecular formula is C6H6FNO. The third-order valence-corrected chi connectivity index (χ3v) is 1.01. The summed E-state index contributed by atoms with van der Waals surface area (Å²) in [6, 6.07) is 2.66. The first kappa shape index (κ1) is 6.01. The molecule has 1 aromatic heterocycles. The van der Waals surface area contributed by atoms with Crippen LogP contribution < -0.4 is 5.56 Å². The molecule has 0 aliphatic heterocycles. The van der Waals surface area contributed by atoms with Crippen LogP contribution in [0.15, 0.2) is 16.9 Å². The van der Waals surface area contributed by atoms with E-state index in [1.165, 1.54) is 6.07 Å². The Morgan fingerprint density at radius 3 is 2.67 bits per heavy atom. The molecule has 0 unspecified atom stereocenters. The molecule has 1 rings (SSSR count). The monoisotopic (exact) mass is 127 g/mol. The van der Waals surface area contributed by atoms with Gasteiger partial charge in [-0.15, -0.1) is 0 Å². The third kappa shape index (κ3) is 1.16. The van der Waals surface area contributed by atoms with Gasteiger partial charge in [-0.05, 0) is 19.1 Å². The van der Waals surface area contributed by atoms with Crippen LogP contribution in [0.3, 0.4) is 0 Å². The summed E-state index contributed by atoms with van der Waals surface area (Å²) in [7, 11) is 0. The van der Waals surface area contributed by atoms with E-state index < -0.39 is 11.4 Å². The molecule has 0 aliphatic rings. The normalized spacial score (nSPS) is 9.56. The molecule has 0 saturated carbocycles. The maximum absolute atomic E-state index is 12.2. The average Bonchev–Trinajstić information content (AvgIpc) is 1.80. The van der Waals surface area contributed by atoms with Crippen LogP contribution in [-0.2, 0) is 0 Å². The van der Waals surface area contributed by atoms with Crippen molar-refractivity contribution < 1.29 is 4.39 Å². The zero-order chi connectivity index (χ0) is 6.85. The first-order valence-electron chi connectivity index (χ1n) is 2.55. The molecule has 0 bridgehead atoms. The van der Waals surface area contributed by atoms with Gasteiger partial charge >= 0.3 is 0 Å². The van der Waals surface area contributed by atoms with Gasteiger partial charge in [-0.2, -0.15) is 0 Å². The van der Waals surface area contributed by atoms with E-state index in [-0.39, 0.29) is 0 Å². The molecule has 0 saturated heterocycles. The van der Waals surface area contributed by atoms with Crippen LogP contribution in [0.5, 0.6) is 0 Å². The predicted octanol–water partition coefficient (Wildman–Crippen LogP) is 0.822. The van der Waals surface area contributed by atoms with Crippen molar-refractivity contribution in [3.63, 3.8) is 0 Å². The van der Waals surface area contributed by atoms with Crippen molar-refractivity contribution in [1.82, 2.24) is 4.98 Å². The topological polar surface area (TPSA) is 32.9 Å². The molecule has 0 aliphatic carbocycles. The Hall–Kier alpha value is -1.12. The lowest BCUT2D eigenvalue weighted by molar-refractivity contribution is 0.607. The van der Waals surface area contributed by atoms with Crippen molar-refractivity contribution in [1.29, 1.82) is 0 Å². The summed E-state index contributed by atoms with van der Waals surface area (Å²) in [5.74, 6) is -0.736. The lowest BCUT2D eigenvalue weighted by Gasteiger charge is -1.88. The first-order chi connectivity index (χ1) is 4.20. The smallest absolute Gasteiger partial charge is 0.284 e. The van der Waals surface area contributed by atoms with Gasteiger partial charge < -0.3 is 4.98 Å². The molecule has 0 fully saturated rings. The van der Waals surface area contributed by atoms with Gasteiger partial charge in [0.25, 0.3) is 5.56 Å². The Balaban J connectivity index is 3.34. The molecule has 0 amide bonds. The van der Waals surface area contributed by atoms with Crippen LogP contribution >= 0.6 is 0 Å². The third-order valence-electron chi connectivity index (χ3n) is 1.01. The predicted molar refractivity (Wildman–Crippen MR) is 31.8 cm³/mol. The molecule has 0 atom stereocenters. The second kappa shape index (κ2) is 2.01. The summed E-state index contributed by atoms with van der Waals surface area (Å²) in [5.41, 5.74) is 0.0106. The van der Waals surface area contributed by atoms with E-state index in [9.17, 15) is 9.18 Å². The van der Waals surface area contributed by atoms with Gasteiger partial charge in [0.15, 0.2) is 5.82 Å². The van der Waals surface area contributed by atoms with Crippen molar-refractivity contribution in [2.45, 2.75) is 6.92 Å². The lowest BCUT2D eigenvalue weighted by atomic mass is 10.4. The molecule has 48 valence electrons. The molecule has 9 heavy (non-hydrogen) atoms. The van der Waals surface area contributed by atoms with E-state index in [4.69, 9.17) is 0 Å². The van der Waals surface area contributed by atoms with E-state index in [1.807, 2.05) is 0 Å². The van der Waals surface area contributed by atoms with E-state index in [0.717, 1.165) is 6.07 Å². The number of nitrogens with one attached hydrogen (secondary N) is 1. The minimum Gasteiger partial charge on any atom is -0.324 e. The fourth-order valence-electron chi connectivity index (χ4n) is 0.554. The summed E-state index contributed by atoms with van der Waals surface area (Å²) in [4.78, 5) is 12.7. The van der Waals surface area contributed by atoms with Crippen molar-refractivity contribution in [3.05, 3.63) is 34.0 Å². The molecule has 0 spiro atoms. The Kier molecular flexibility index (Phi) is 1.34. The van der Waals surface area contributed by atoms with E-state index in [1.54, 1.807) is 6.92 Å². The number of hydrogen-bond donors (Lipinski definition) is 1. The standard InChI is InChI=1S/C6H6FNO/c1-4-2-3-5(7)6(9)8-4/h2-3H,1H3,(H,8,9). The first-order valence-corrected chi connectivity index (χ1v) is 2.55. The van der Waals surface area contributed by atoms with Gasteiger partial charge in [-0.1, -0.05) is 0 Å². The van der Waals surface area contributed by atoms with Gasteiger partial charge in [0.1, 0.15) is 0 Å². The summed E-state index contributed by atoms with van der Waals surface area (Å²) in [5, 5.41) is 0. The van der Waals surface area contributed by atoms with Crippen LogP contribution in [0.1, 0.15) is 5.69 Å². The number of pyridine rings is 1. The number of aryl methyl sites for hydroxylation is 1. The van der Waals surface area contributed by atoms with E-state index in [2.05, 4.69) is 4.98 Å². The molecule has 0 aromatic carbocycles. The minimum absolute atomic E-state index is 0.657. The number of aromatic amines is 1. The van der Waals surface area contributed by atoms with Gasteiger partial charge in [0.05, 0.1) is 0 Å². The number of rotatable bonds is 0. The van der Waals surface area contributed by atoms with Crippen molar-refractivity contribution in [3.8, 4) is 0 Å². The minimum atomic E-state index is -0.736. The second-order valence-corrected chi connectivity index (χ2v) is 1.82. The van der Waals surface area contributed by atoms with Crippen molar-refractivity contribution >= 4 is 0 Å². The summed E-state index contributed by atoms with van der Waals surface area (Å²) in [6.45, 7) is 1.70. The van der Waals surface area contributed by atoms with Gasteiger partial charge in [-0.3, -0.25) is 4.79 Å². The van der Waals surface area contributed by atoms with Gasteiger partial charge in [0, 0.05) is 5.69 Å². The average molecular weight is 127 g/mol. The molecule has 3 heteroatoms. The maximum atomic E-state index is 12.2. The Morgan fingerprint density at radius 1 is 1.56 bits per heavy atom. The van der Waals surface area contributed by atoms with Gasteiger partial charge in [0.2, 0.25) is 0 Å². The quantitative estimate of drug-likeness (QED) is 0.550. The SMILES string of the molecule is Cc1ccc(F)c(=O)[nH]1. The summed E-state index contributed by atoms with van der Waals surface area (Å²) in [6.07, 6.45) is 0. The van der Waals surface area contributed by atoms with Crippen LogP contribution in [0.4, 0.5) is 4.39 Å². The highest BCUT2D eigenvalue weighted by atomic mass is 19.1. The van der Waals surface area contributed by atoms with Crippen LogP contribution in [-0.4, -0.2) is 4.98 Å². The lowest BCUT2D eigenvalue weighted by Crippen LogP contribution is -2.10. The summed E-state index contributed by atoms with van der Waals surface area (Å²) < 4.78 is 12.2. The molecule has 0 radical (unpaired) electrons. The van der Waals surface area contributed by atoms with Gasteiger partial charge in [-0.25, -0.2) is 4.39 Å². The van der Waals surface area contributed by atoms with Crippen LogP contribution in [0.2, 0.25) is 0 Å². The number of aromatic nitrogens is 1. The highest BCUT2D eigenvalue weighted by molar-refractivity contribution is 5.02. The number of hydrogen-bond acceptors (Lipinski definition) is 1. The van der Waals surface area contributed by atoms with E-state index >= 15 is 0 Å². The van der Waals surface area contributed by atoms with Crippen LogP contribution in [0.25, 0.3) is 0 Å². The van der Waals surface area contributed by atoms with E-state index in [0.29, 0.717) is 5.69 Å². The molecule has 2 nitrogen and oxygen atoms in total. The number of H-pyrrole nitrogens is 1. The Morgan fingerprint density at radius 2 is 2.22 bits per heavy atom. The fraction of sp³-hybridized carbons (Fsp3) is 0.167. The molecule has 1 aromatic rings. The Bertz CT molecular complexity index is 266.